The fraction of sp³-hybridized carbons (Fsp3) is 0.941. The minimum absolute atomic E-state index is 0.0202. The summed E-state index contributed by atoms with van der Waals surface area (Å²) < 4.78 is 43.0. The van der Waals surface area contributed by atoms with Crippen molar-refractivity contribution in [1.82, 2.24) is 0 Å². The zero-order chi connectivity index (χ0) is 16.6. The summed E-state index contributed by atoms with van der Waals surface area (Å²) in [5.74, 6) is -1.37. The smallest absolute Gasteiger partial charge is 0.455 e. The molecule has 0 aliphatic heterocycles. The second-order valence-corrected chi connectivity index (χ2v) is 8.62. The van der Waals surface area contributed by atoms with Crippen LogP contribution in [0.25, 0.3) is 0 Å². The molecule has 1 unspecified atom stereocenters. The standard InChI is InChI=1S/C17H25F3O2/c1-10-5-6-11-14(2,3)9-15(4)8-7-12(16(10,11)15)22-13(21)17(18,19)20/h10-12H,5-9H2,1-4H3/t10-,11+,12-,15+,16?/m1/s1. The van der Waals surface area contributed by atoms with Gasteiger partial charge in [0, 0.05) is 5.41 Å². The zero-order valence-electron chi connectivity index (χ0n) is 13.7. The van der Waals surface area contributed by atoms with Gasteiger partial charge in [0.25, 0.3) is 0 Å². The second-order valence-electron chi connectivity index (χ2n) is 8.62. The quantitative estimate of drug-likeness (QED) is 0.654. The lowest BCUT2D eigenvalue weighted by Crippen LogP contribution is -2.48. The van der Waals surface area contributed by atoms with Gasteiger partial charge in [0.05, 0.1) is 0 Å². The first kappa shape index (κ1) is 16.1. The third kappa shape index (κ3) is 1.83. The molecular formula is C17H25F3O2. The van der Waals surface area contributed by atoms with Gasteiger partial charge < -0.3 is 4.74 Å². The van der Waals surface area contributed by atoms with Gasteiger partial charge in [0.2, 0.25) is 0 Å². The molecule has 0 radical (unpaired) electrons. The molecule has 0 aromatic carbocycles. The zero-order valence-corrected chi connectivity index (χ0v) is 13.7. The summed E-state index contributed by atoms with van der Waals surface area (Å²) in [6.45, 7) is 8.80. The number of esters is 1. The molecule has 3 aliphatic rings. The molecule has 0 saturated heterocycles. The van der Waals surface area contributed by atoms with Crippen molar-refractivity contribution in [3.63, 3.8) is 0 Å². The van der Waals surface area contributed by atoms with E-state index in [0.29, 0.717) is 18.3 Å². The Hall–Kier alpha value is -0.740. The molecule has 0 aromatic rings. The lowest BCUT2D eigenvalue weighted by molar-refractivity contribution is -0.213. The Morgan fingerprint density at radius 3 is 2.36 bits per heavy atom. The minimum Gasteiger partial charge on any atom is -0.455 e. The Labute approximate surface area is 129 Å². The van der Waals surface area contributed by atoms with Crippen molar-refractivity contribution in [2.24, 2.45) is 28.1 Å². The number of alkyl halides is 3. The summed E-state index contributed by atoms with van der Waals surface area (Å²) in [7, 11) is 0. The van der Waals surface area contributed by atoms with Crippen molar-refractivity contribution >= 4 is 5.97 Å². The minimum atomic E-state index is -4.90. The van der Waals surface area contributed by atoms with Crippen LogP contribution in [0.2, 0.25) is 0 Å². The average Bonchev–Trinajstić information content (AvgIpc) is 2.88. The van der Waals surface area contributed by atoms with Crippen LogP contribution in [0.1, 0.15) is 59.8 Å². The molecule has 0 N–H and O–H groups in total. The molecular weight excluding hydrogens is 293 g/mol. The average molecular weight is 318 g/mol. The molecule has 2 nitrogen and oxygen atoms in total. The Morgan fingerprint density at radius 2 is 1.77 bits per heavy atom. The molecule has 5 heteroatoms. The SMILES string of the molecule is C[C@@H]1CC[C@H]2C(C)(C)C[C@]3(C)CC[C@@H](OC(=O)C(F)(F)F)C123. The summed E-state index contributed by atoms with van der Waals surface area (Å²) >= 11 is 0. The Balaban J connectivity index is 1.99. The van der Waals surface area contributed by atoms with E-state index in [1.54, 1.807) is 0 Å². The maximum atomic E-state index is 12.7. The van der Waals surface area contributed by atoms with Crippen molar-refractivity contribution in [2.45, 2.75) is 72.1 Å². The van der Waals surface area contributed by atoms with Gasteiger partial charge >= 0.3 is 12.1 Å². The van der Waals surface area contributed by atoms with E-state index < -0.39 is 18.2 Å². The van der Waals surface area contributed by atoms with E-state index in [9.17, 15) is 18.0 Å². The Morgan fingerprint density at radius 1 is 1.14 bits per heavy atom. The van der Waals surface area contributed by atoms with Gasteiger partial charge in [-0.2, -0.15) is 13.2 Å². The molecule has 0 amide bonds. The van der Waals surface area contributed by atoms with E-state index in [-0.39, 0.29) is 16.2 Å². The van der Waals surface area contributed by atoms with Crippen LogP contribution in [0.3, 0.4) is 0 Å². The van der Waals surface area contributed by atoms with Crippen LogP contribution in [0.5, 0.6) is 0 Å². The first-order valence-corrected chi connectivity index (χ1v) is 8.23. The maximum absolute atomic E-state index is 12.7. The van der Waals surface area contributed by atoms with Crippen molar-refractivity contribution < 1.29 is 22.7 Å². The Bertz CT molecular complexity index is 499. The summed E-state index contributed by atoms with van der Waals surface area (Å²) in [4.78, 5) is 11.4. The lowest BCUT2D eigenvalue weighted by atomic mass is 9.61. The molecule has 1 spiro atoms. The first-order chi connectivity index (χ1) is 9.95. The molecule has 0 heterocycles. The van der Waals surface area contributed by atoms with E-state index in [4.69, 9.17) is 4.74 Å². The number of carbonyl (C=O) groups excluding carboxylic acids is 1. The normalized spacial score (nSPS) is 46.4. The van der Waals surface area contributed by atoms with E-state index in [0.717, 1.165) is 25.7 Å². The predicted molar refractivity (Wildman–Crippen MR) is 76.0 cm³/mol. The highest BCUT2D eigenvalue weighted by molar-refractivity contribution is 5.76. The molecule has 0 bridgehead atoms. The molecule has 3 rings (SSSR count). The first-order valence-electron chi connectivity index (χ1n) is 8.23. The molecule has 22 heavy (non-hydrogen) atoms. The highest BCUT2D eigenvalue weighted by atomic mass is 19.4. The molecule has 3 fully saturated rings. The number of carbonyl (C=O) groups is 1. The highest BCUT2D eigenvalue weighted by Gasteiger charge is 2.74. The largest absolute Gasteiger partial charge is 0.490 e. The topological polar surface area (TPSA) is 26.3 Å². The molecule has 0 aromatic heterocycles. The summed E-state index contributed by atoms with van der Waals surface area (Å²) in [5, 5.41) is 0. The van der Waals surface area contributed by atoms with Crippen LogP contribution in [0.15, 0.2) is 0 Å². The third-order valence-corrected chi connectivity index (χ3v) is 7.09. The summed E-state index contributed by atoms with van der Waals surface area (Å²) in [6, 6.07) is 0. The number of hydrogen-bond donors (Lipinski definition) is 0. The number of rotatable bonds is 1. The van der Waals surface area contributed by atoms with Gasteiger partial charge in [-0.05, 0) is 54.8 Å². The van der Waals surface area contributed by atoms with E-state index in [1.165, 1.54) is 0 Å². The second kappa shape index (κ2) is 4.41. The Kier molecular flexibility index (Phi) is 3.24. The van der Waals surface area contributed by atoms with Gasteiger partial charge in [-0.15, -0.1) is 0 Å². The molecule has 126 valence electrons. The molecule has 3 aliphatic carbocycles. The fourth-order valence-electron chi connectivity index (χ4n) is 6.85. The molecule has 3 saturated carbocycles. The number of hydrogen-bond acceptors (Lipinski definition) is 2. The monoisotopic (exact) mass is 318 g/mol. The number of ether oxygens (including phenoxy) is 1. The lowest BCUT2D eigenvalue weighted by Gasteiger charge is -2.46. The van der Waals surface area contributed by atoms with Crippen molar-refractivity contribution in [2.75, 3.05) is 0 Å². The predicted octanol–water partition coefficient (Wildman–Crippen LogP) is 4.72. The van der Waals surface area contributed by atoms with Gasteiger partial charge in [0.1, 0.15) is 6.10 Å². The van der Waals surface area contributed by atoms with Crippen molar-refractivity contribution in [1.29, 1.82) is 0 Å². The van der Waals surface area contributed by atoms with Crippen LogP contribution >= 0.6 is 0 Å². The third-order valence-electron chi connectivity index (χ3n) is 7.09. The van der Waals surface area contributed by atoms with E-state index >= 15 is 0 Å². The van der Waals surface area contributed by atoms with Gasteiger partial charge in [-0.3, -0.25) is 0 Å². The van der Waals surface area contributed by atoms with Gasteiger partial charge in [-0.25, -0.2) is 4.79 Å². The van der Waals surface area contributed by atoms with E-state index in [2.05, 4.69) is 27.7 Å². The van der Waals surface area contributed by atoms with Crippen molar-refractivity contribution in [3.8, 4) is 0 Å². The number of halogens is 3. The van der Waals surface area contributed by atoms with Crippen LogP contribution in [0, 0.1) is 28.1 Å². The van der Waals surface area contributed by atoms with E-state index in [1.807, 2.05) is 0 Å². The molecule has 5 atom stereocenters. The fourth-order valence-corrected chi connectivity index (χ4v) is 6.85. The highest BCUT2D eigenvalue weighted by Crippen LogP contribution is 2.78. The van der Waals surface area contributed by atoms with Crippen LogP contribution < -0.4 is 0 Å². The summed E-state index contributed by atoms with van der Waals surface area (Å²) in [5.41, 5.74) is -0.201. The maximum Gasteiger partial charge on any atom is 0.490 e. The van der Waals surface area contributed by atoms with Gasteiger partial charge in [0.15, 0.2) is 0 Å². The van der Waals surface area contributed by atoms with Crippen molar-refractivity contribution in [3.05, 3.63) is 0 Å². The van der Waals surface area contributed by atoms with Crippen LogP contribution in [0.4, 0.5) is 13.2 Å². The van der Waals surface area contributed by atoms with Gasteiger partial charge in [-0.1, -0.05) is 27.7 Å². The van der Waals surface area contributed by atoms with Crippen LogP contribution in [-0.4, -0.2) is 18.2 Å². The summed E-state index contributed by atoms with van der Waals surface area (Å²) in [6.07, 6.45) is -1.01. The van der Waals surface area contributed by atoms with Crippen LogP contribution in [-0.2, 0) is 9.53 Å².